The molecule has 104 valence electrons. The molecule has 21 heavy (non-hydrogen) atoms. The van der Waals surface area contributed by atoms with Gasteiger partial charge in [0.1, 0.15) is 0 Å². The summed E-state index contributed by atoms with van der Waals surface area (Å²) in [5.74, 6) is 0. The number of benzene rings is 1. The number of hydrogen-bond donors (Lipinski definition) is 1. The molecule has 0 aliphatic heterocycles. The highest BCUT2D eigenvalue weighted by Crippen LogP contribution is 2.25. The molecular weight excluding hydrogens is 260 g/mol. The van der Waals surface area contributed by atoms with Crippen molar-refractivity contribution in [3.8, 4) is 0 Å². The second-order valence-corrected chi connectivity index (χ2v) is 4.99. The van der Waals surface area contributed by atoms with E-state index in [0.717, 1.165) is 46.1 Å². The zero-order valence-electron chi connectivity index (χ0n) is 11.7. The van der Waals surface area contributed by atoms with Gasteiger partial charge < -0.3 is 0 Å². The Balaban J connectivity index is 1.67. The predicted molar refractivity (Wildman–Crippen MR) is 85.4 cm³/mol. The van der Waals surface area contributed by atoms with E-state index in [1.165, 1.54) is 0 Å². The highest BCUT2D eigenvalue weighted by Gasteiger charge is 2.05. The van der Waals surface area contributed by atoms with Crippen molar-refractivity contribution in [1.29, 1.82) is 0 Å². The third-order valence-corrected chi connectivity index (χ3v) is 3.51. The molecule has 4 heteroatoms. The van der Waals surface area contributed by atoms with Crippen molar-refractivity contribution >= 4 is 22.0 Å². The van der Waals surface area contributed by atoms with Gasteiger partial charge in [-0.2, -0.15) is 15.3 Å². The van der Waals surface area contributed by atoms with Crippen LogP contribution >= 0.6 is 0 Å². The molecule has 2 heterocycles. The molecule has 0 aliphatic carbocycles. The summed E-state index contributed by atoms with van der Waals surface area (Å²) in [6.07, 6.45) is 5.15. The molecule has 0 unspecified atom stereocenters. The highest BCUT2D eigenvalue weighted by molar-refractivity contribution is 5.82. The van der Waals surface area contributed by atoms with Gasteiger partial charge in [0, 0.05) is 11.6 Å². The topological polar surface area (TPSA) is 54.5 Å². The molecule has 3 aromatic rings. The molecular formula is C17H16N4. The van der Waals surface area contributed by atoms with E-state index in [-0.39, 0.29) is 0 Å². The minimum Gasteiger partial charge on any atom is -0.278 e. The number of H-pyrrole nitrogens is 1. The summed E-state index contributed by atoms with van der Waals surface area (Å²) in [5.41, 5.74) is 5.08. The normalized spacial score (nSPS) is 10.7. The zero-order chi connectivity index (χ0) is 14.7. The maximum Gasteiger partial charge on any atom is 0.0883 e. The van der Waals surface area contributed by atoms with E-state index in [0.29, 0.717) is 0 Å². The van der Waals surface area contributed by atoms with Crippen molar-refractivity contribution in [2.45, 2.75) is 12.8 Å². The van der Waals surface area contributed by atoms with Crippen LogP contribution in [-0.2, 0) is 0 Å². The lowest BCUT2D eigenvalue weighted by Crippen LogP contribution is -1.91. The lowest BCUT2D eigenvalue weighted by atomic mass is 9.98. The first-order chi connectivity index (χ1) is 10.2. The fourth-order valence-electron chi connectivity index (χ4n) is 2.23. The Morgan fingerprint density at radius 2 is 1.95 bits per heavy atom. The van der Waals surface area contributed by atoms with Crippen molar-refractivity contribution in [3.63, 3.8) is 0 Å². The average molecular weight is 276 g/mol. The lowest BCUT2D eigenvalue weighted by molar-refractivity contribution is 0.984. The first kappa shape index (κ1) is 13.2. The van der Waals surface area contributed by atoms with E-state index in [1.54, 1.807) is 6.20 Å². The minimum absolute atomic E-state index is 0.820. The summed E-state index contributed by atoms with van der Waals surface area (Å²) in [4.78, 5) is 0. The Bertz CT molecular complexity index is 787. The molecule has 0 saturated carbocycles. The predicted octanol–water partition coefficient (Wildman–Crippen LogP) is 3.86. The van der Waals surface area contributed by atoms with Crippen LogP contribution in [0.15, 0.2) is 55.9 Å². The number of hydrogen-bond acceptors (Lipinski definition) is 3. The molecule has 0 saturated heterocycles. The standard InChI is InChI=1S/C17H16N4/c1-12(5-6-13(2)16-4-3-9-18-20-16)14-7-8-17-15(10-14)11-19-21-17/h3-4,7-11H,1-2,5-6H2,(H,19,21). The molecule has 2 aromatic heterocycles. The second kappa shape index (κ2) is 5.71. The van der Waals surface area contributed by atoms with E-state index in [2.05, 4.69) is 45.7 Å². The molecule has 4 nitrogen and oxygen atoms in total. The first-order valence-corrected chi connectivity index (χ1v) is 6.81. The number of allylic oxidation sites excluding steroid dienone is 2. The van der Waals surface area contributed by atoms with Crippen LogP contribution in [0, 0.1) is 0 Å². The molecule has 0 bridgehead atoms. The van der Waals surface area contributed by atoms with Crippen LogP contribution in [0.4, 0.5) is 0 Å². The molecule has 0 fully saturated rings. The summed E-state index contributed by atoms with van der Waals surface area (Å²) >= 11 is 0. The van der Waals surface area contributed by atoms with E-state index < -0.39 is 0 Å². The minimum atomic E-state index is 0.820. The molecule has 0 amide bonds. The van der Waals surface area contributed by atoms with Crippen LogP contribution in [0.1, 0.15) is 24.1 Å². The largest absolute Gasteiger partial charge is 0.278 e. The van der Waals surface area contributed by atoms with E-state index in [1.807, 2.05) is 24.4 Å². The fourth-order valence-corrected chi connectivity index (χ4v) is 2.23. The first-order valence-electron chi connectivity index (χ1n) is 6.81. The van der Waals surface area contributed by atoms with Gasteiger partial charge in [-0.1, -0.05) is 19.2 Å². The molecule has 0 atom stereocenters. The summed E-state index contributed by atoms with van der Waals surface area (Å²) < 4.78 is 0. The van der Waals surface area contributed by atoms with Gasteiger partial charge in [-0.3, -0.25) is 5.10 Å². The van der Waals surface area contributed by atoms with Crippen LogP contribution in [-0.4, -0.2) is 20.4 Å². The third kappa shape index (κ3) is 2.89. The van der Waals surface area contributed by atoms with E-state index in [9.17, 15) is 0 Å². The number of nitrogens with zero attached hydrogens (tertiary/aromatic N) is 3. The smallest absolute Gasteiger partial charge is 0.0883 e. The molecule has 1 N–H and O–H groups in total. The Kier molecular flexibility index (Phi) is 3.60. The van der Waals surface area contributed by atoms with Gasteiger partial charge in [0.2, 0.25) is 0 Å². The molecule has 1 aromatic carbocycles. The van der Waals surface area contributed by atoms with Crippen molar-refractivity contribution in [2.24, 2.45) is 0 Å². The van der Waals surface area contributed by atoms with Gasteiger partial charge >= 0.3 is 0 Å². The lowest BCUT2D eigenvalue weighted by Gasteiger charge is -2.08. The third-order valence-electron chi connectivity index (χ3n) is 3.51. The van der Waals surface area contributed by atoms with E-state index >= 15 is 0 Å². The van der Waals surface area contributed by atoms with Crippen LogP contribution in [0.5, 0.6) is 0 Å². The van der Waals surface area contributed by atoms with E-state index in [4.69, 9.17) is 0 Å². The zero-order valence-corrected chi connectivity index (χ0v) is 11.7. The van der Waals surface area contributed by atoms with Crippen LogP contribution < -0.4 is 0 Å². The van der Waals surface area contributed by atoms with Gasteiger partial charge in [-0.25, -0.2) is 0 Å². The van der Waals surface area contributed by atoms with Crippen LogP contribution in [0.25, 0.3) is 22.0 Å². The number of fused-ring (bicyclic) bond motifs is 1. The van der Waals surface area contributed by atoms with Crippen molar-refractivity contribution in [1.82, 2.24) is 20.4 Å². The van der Waals surface area contributed by atoms with Gasteiger partial charge in [0.25, 0.3) is 0 Å². The quantitative estimate of drug-likeness (QED) is 0.769. The summed E-state index contributed by atoms with van der Waals surface area (Å²) in [5, 5.41) is 16.0. The van der Waals surface area contributed by atoms with Crippen molar-refractivity contribution in [2.75, 3.05) is 0 Å². The van der Waals surface area contributed by atoms with Gasteiger partial charge in [-0.05, 0) is 53.8 Å². The summed E-state index contributed by atoms with van der Waals surface area (Å²) in [6, 6.07) is 9.99. The Hall–Kier alpha value is -2.75. The Morgan fingerprint density at radius 3 is 2.76 bits per heavy atom. The maximum atomic E-state index is 4.17. The van der Waals surface area contributed by atoms with Crippen LogP contribution in [0.3, 0.4) is 0 Å². The maximum absolute atomic E-state index is 4.17. The number of aromatic amines is 1. The molecule has 0 radical (unpaired) electrons. The number of nitrogens with one attached hydrogen (secondary N) is 1. The van der Waals surface area contributed by atoms with Crippen molar-refractivity contribution < 1.29 is 0 Å². The SMILES string of the molecule is C=C(CCC(=C)c1cccnn1)c1ccc2[nH]ncc2c1. The molecule has 0 aliphatic rings. The summed E-state index contributed by atoms with van der Waals surface area (Å²) in [7, 11) is 0. The Labute approximate surface area is 123 Å². The van der Waals surface area contributed by atoms with Crippen LogP contribution in [0.2, 0.25) is 0 Å². The average Bonchev–Trinajstić information content (AvgIpc) is 3.00. The molecule has 0 spiro atoms. The second-order valence-electron chi connectivity index (χ2n) is 4.99. The van der Waals surface area contributed by atoms with Gasteiger partial charge in [0.15, 0.2) is 0 Å². The van der Waals surface area contributed by atoms with Crippen molar-refractivity contribution in [3.05, 3.63) is 67.1 Å². The highest BCUT2D eigenvalue weighted by atomic mass is 15.1. The number of rotatable bonds is 5. The summed E-state index contributed by atoms with van der Waals surface area (Å²) in [6.45, 7) is 8.25. The van der Waals surface area contributed by atoms with Gasteiger partial charge in [0.05, 0.1) is 17.4 Å². The number of aromatic nitrogens is 4. The Morgan fingerprint density at radius 1 is 1.10 bits per heavy atom. The monoisotopic (exact) mass is 276 g/mol. The van der Waals surface area contributed by atoms with Gasteiger partial charge in [-0.15, -0.1) is 0 Å². The fraction of sp³-hybridized carbons (Fsp3) is 0.118. The molecule has 3 rings (SSSR count).